The molecule has 0 aliphatic rings. The van der Waals surface area contributed by atoms with Crippen molar-refractivity contribution in [2.24, 2.45) is 0 Å². The fourth-order valence-corrected chi connectivity index (χ4v) is 3.01. The molecule has 0 heterocycles. The van der Waals surface area contributed by atoms with E-state index in [2.05, 4.69) is 11.4 Å². The van der Waals surface area contributed by atoms with Gasteiger partial charge in [0.2, 0.25) is 0 Å². The van der Waals surface area contributed by atoms with Crippen LogP contribution in [0.3, 0.4) is 0 Å². The number of carbonyl (C=O) groups is 1. The number of nitriles is 1. The molecule has 0 aromatic heterocycles. The highest BCUT2D eigenvalue weighted by Gasteiger charge is 2.05. The van der Waals surface area contributed by atoms with Crippen LogP contribution in [0.25, 0.3) is 0 Å². The Morgan fingerprint density at radius 3 is 2.75 bits per heavy atom. The molecule has 0 aliphatic carbocycles. The molecular weight excluding hydrogens is 344 g/mol. The van der Waals surface area contributed by atoms with Gasteiger partial charge in [-0.1, -0.05) is 41.9 Å². The lowest BCUT2D eigenvalue weighted by Gasteiger charge is -2.08. The molecule has 0 fully saturated rings. The van der Waals surface area contributed by atoms with Gasteiger partial charge in [-0.05, 0) is 23.8 Å². The second-order valence-electron chi connectivity index (χ2n) is 4.89. The average molecular weight is 361 g/mol. The van der Waals surface area contributed by atoms with Gasteiger partial charge >= 0.3 is 0 Å². The number of ether oxygens (including phenoxy) is 1. The fraction of sp³-hybridized carbons (Fsp3) is 0.222. The zero-order chi connectivity index (χ0) is 17.2. The molecule has 0 bridgehead atoms. The minimum atomic E-state index is -0.187. The molecule has 124 valence electrons. The van der Waals surface area contributed by atoms with E-state index in [9.17, 15) is 4.79 Å². The lowest BCUT2D eigenvalue weighted by Crippen LogP contribution is -2.30. The minimum absolute atomic E-state index is 0.0638. The number of nitrogens with one attached hydrogen (secondary N) is 1. The predicted molar refractivity (Wildman–Crippen MR) is 97.3 cm³/mol. The van der Waals surface area contributed by atoms with Gasteiger partial charge in [0.1, 0.15) is 5.75 Å². The summed E-state index contributed by atoms with van der Waals surface area (Å²) in [6.45, 7) is 0.482. The molecular formula is C18H17ClN2O2S. The molecule has 0 radical (unpaired) electrons. The Kier molecular flexibility index (Phi) is 7.47. The van der Waals surface area contributed by atoms with Crippen LogP contribution in [0.1, 0.15) is 11.1 Å². The lowest BCUT2D eigenvalue weighted by atomic mass is 10.1. The van der Waals surface area contributed by atoms with Crippen LogP contribution in [0.4, 0.5) is 0 Å². The molecule has 2 aromatic carbocycles. The highest BCUT2D eigenvalue weighted by molar-refractivity contribution is 7.98. The van der Waals surface area contributed by atoms with Crippen molar-refractivity contribution in [2.75, 3.05) is 18.9 Å². The topological polar surface area (TPSA) is 62.1 Å². The summed E-state index contributed by atoms with van der Waals surface area (Å²) >= 11 is 7.62. The molecule has 0 spiro atoms. The van der Waals surface area contributed by atoms with E-state index in [1.54, 1.807) is 36.0 Å². The maximum Gasteiger partial charge on any atom is 0.257 e. The van der Waals surface area contributed by atoms with Crippen LogP contribution in [0.5, 0.6) is 5.75 Å². The van der Waals surface area contributed by atoms with Crippen molar-refractivity contribution in [3.63, 3.8) is 0 Å². The third-order valence-electron chi connectivity index (χ3n) is 3.16. The summed E-state index contributed by atoms with van der Waals surface area (Å²) in [5, 5.41) is 12.3. The van der Waals surface area contributed by atoms with Crippen LogP contribution in [0, 0.1) is 11.3 Å². The van der Waals surface area contributed by atoms with Crippen molar-refractivity contribution in [3.05, 3.63) is 64.7 Å². The molecule has 2 aromatic rings. The monoisotopic (exact) mass is 360 g/mol. The molecule has 1 N–H and O–H groups in total. The number of para-hydroxylation sites is 1. The van der Waals surface area contributed by atoms with E-state index in [1.165, 1.54) is 0 Å². The number of rotatable bonds is 8. The van der Waals surface area contributed by atoms with Gasteiger partial charge in [-0.15, -0.1) is 0 Å². The first-order valence-corrected chi connectivity index (χ1v) is 8.93. The van der Waals surface area contributed by atoms with Crippen LogP contribution < -0.4 is 10.1 Å². The second-order valence-corrected chi connectivity index (χ2v) is 6.40. The van der Waals surface area contributed by atoms with Gasteiger partial charge in [-0.2, -0.15) is 17.0 Å². The van der Waals surface area contributed by atoms with Gasteiger partial charge in [0.25, 0.3) is 5.91 Å². The summed E-state index contributed by atoms with van der Waals surface area (Å²) in [6, 6.07) is 16.7. The molecule has 2 rings (SSSR count). The summed E-state index contributed by atoms with van der Waals surface area (Å²) in [5.74, 6) is 1.82. The Bertz CT molecular complexity index is 731. The van der Waals surface area contributed by atoms with Crippen LogP contribution in [-0.4, -0.2) is 24.8 Å². The third kappa shape index (κ3) is 5.80. The van der Waals surface area contributed by atoms with Gasteiger partial charge in [0.15, 0.2) is 6.61 Å². The number of benzene rings is 2. The van der Waals surface area contributed by atoms with Crippen molar-refractivity contribution < 1.29 is 9.53 Å². The van der Waals surface area contributed by atoms with Crippen LogP contribution >= 0.6 is 23.4 Å². The molecule has 6 heteroatoms. The molecule has 4 nitrogen and oxygen atoms in total. The van der Waals surface area contributed by atoms with Crippen molar-refractivity contribution in [3.8, 4) is 11.8 Å². The van der Waals surface area contributed by atoms with Gasteiger partial charge in [0.05, 0.1) is 16.7 Å². The average Bonchev–Trinajstić information content (AvgIpc) is 2.61. The lowest BCUT2D eigenvalue weighted by molar-refractivity contribution is -0.122. The summed E-state index contributed by atoms with van der Waals surface area (Å²) in [6.07, 6.45) is 0. The summed E-state index contributed by atoms with van der Waals surface area (Å²) in [4.78, 5) is 11.7. The molecule has 0 saturated carbocycles. The Balaban J connectivity index is 1.63. The summed E-state index contributed by atoms with van der Waals surface area (Å²) < 4.78 is 5.37. The van der Waals surface area contributed by atoms with Crippen molar-refractivity contribution >= 4 is 29.3 Å². The first-order valence-electron chi connectivity index (χ1n) is 7.40. The van der Waals surface area contributed by atoms with E-state index >= 15 is 0 Å². The Morgan fingerprint density at radius 1 is 1.21 bits per heavy atom. The van der Waals surface area contributed by atoms with Crippen molar-refractivity contribution in [1.29, 1.82) is 5.26 Å². The van der Waals surface area contributed by atoms with E-state index in [4.69, 9.17) is 21.6 Å². The van der Waals surface area contributed by atoms with Gasteiger partial charge < -0.3 is 10.1 Å². The first-order chi connectivity index (χ1) is 11.7. The molecule has 0 saturated heterocycles. The normalized spacial score (nSPS) is 10.0. The quantitative estimate of drug-likeness (QED) is 0.730. The summed E-state index contributed by atoms with van der Waals surface area (Å²) in [7, 11) is 0. The van der Waals surface area contributed by atoms with Crippen molar-refractivity contribution in [2.45, 2.75) is 5.75 Å². The fourth-order valence-electron chi connectivity index (χ4n) is 1.96. The number of hydrogen-bond acceptors (Lipinski definition) is 4. The molecule has 0 aliphatic heterocycles. The number of amides is 1. The summed E-state index contributed by atoms with van der Waals surface area (Å²) in [5.41, 5.74) is 1.71. The smallest absolute Gasteiger partial charge is 0.257 e. The minimum Gasteiger partial charge on any atom is -0.482 e. The van der Waals surface area contributed by atoms with Crippen LogP contribution in [0.2, 0.25) is 5.02 Å². The molecule has 0 atom stereocenters. The number of hydrogen-bond donors (Lipinski definition) is 1. The van der Waals surface area contributed by atoms with E-state index < -0.39 is 0 Å². The highest BCUT2D eigenvalue weighted by Crippen LogP contribution is 2.22. The zero-order valence-corrected chi connectivity index (χ0v) is 14.6. The van der Waals surface area contributed by atoms with E-state index in [-0.39, 0.29) is 12.5 Å². The van der Waals surface area contributed by atoms with E-state index in [0.717, 1.165) is 17.1 Å². The van der Waals surface area contributed by atoms with E-state index in [1.807, 2.05) is 24.3 Å². The Hall–Kier alpha value is -2.16. The van der Waals surface area contributed by atoms with Crippen molar-refractivity contribution in [1.82, 2.24) is 5.32 Å². The zero-order valence-electron chi connectivity index (χ0n) is 13.0. The largest absolute Gasteiger partial charge is 0.482 e. The Labute approximate surface area is 150 Å². The van der Waals surface area contributed by atoms with Gasteiger partial charge in [-0.25, -0.2) is 0 Å². The van der Waals surface area contributed by atoms with Gasteiger partial charge in [0, 0.05) is 18.1 Å². The van der Waals surface area contributed by atoms with Gasteiger partial charge in [-0.3, -0.25) is 4.79 Å². The number of halogens is 1. The highest BCUT2D eigenvalue weighted by atomic mass is 35.5. The van der Waals surface area contributed by atoms with Crippen LogP contribution in [0.15, 0.2) is 48.5 Å². The first kappa shape index (κ1) is 18.2. The maximum atomic E-state index is 11.7. The number of thioether (sulfide) groups is 1. The SMILES string of the molecule is N#Cc1ccccc1CSCCNC(=O)COc1ccccc1Cl. The molecule has 1 amide bonds. The molecule has 0 unspecified atom stereocenters. The number of carbonyl (C=O) groups excluding carboxylic acids is 1. The standard InChI is InChI=1S/C18H17ClN2O2S/c19-16-7-3-4-8-17(16)23-12-18(22)21-9-10-24-13-15-6-2-1-5-14(15)11-20/h1-8H,9-10,12-13H2,(H,21,22). The Morgan fingerprint density at radius 2 is 1.96 bits per heavy atom. The predicted octanol–water partition coefficient (Wildman–Crippen LogP) is 3.64. The third-order valence-corrected chi connectivity index (χ3v) is 4.48. The molecule has 24 heavy (non-hydrogen) atoms. The van der Waals surface area contributed by atoms with E-state index in [0.29, 0.717) is 22.9 Å². The number of nitrogens with zero attached hydrogens (tertiary/aromatic N) is 1. The van der Waals surface area contributed by atoms with Crippen LogP contribution in [-0.2, 0) is 10.5 Å². The second kappa shape index (κ2) is 9.86. The maximum absolute atomic E-state index is 11.7.